The number of nitrogens with one attached hydrogen (secondary N) is 1. The van der Waals surface area contributed by atoms with Gasteiger partial charge >= 0.3 is 0 Å². The van der Waals surface area contributed by atoms with E-state index in [0.717, 1.165) is 56.0 Å². The molecule has 0 fully saturated rings. The molecule has 4 heteroatoms. The monoisotopic (exact) mass is 454 g/mol. The van der Waals surface area contributed by atoms with E-state index in [1.54, 1.807) is 0 Å². The van der Waals surface area contributed by atoms with E-state index in [4.69, 9.17) is 4.74 Å². The Morgan fingerprint density at radius 3 is 1.62 bits per heavy atom. The lowest BCUT2D eigenvalue weighted by molar-refractivity contribution is -0.364. The average Bonchev–Trinajstić information content (AvgIpc) is 2.82. The highest BCUT2D eigenvalue weighted by atomic mass is 16.5. The zero-order chi connectivity index (χ0) is 25.0. The molecule has 174 valence electrons. The van der Waals surface area contributed by atoms with Gasteiger partial charge in [-0.3, -0.25) is 9.59 Å². The highest BCUT2D eigenvalue weighted by molar-refractivity contribution is 6.40. The summed E-state index contributed by atoms with van der Waals surface area (Å²) in [6, 6.07) is 0. The number of allylic oxidation sites excluding steroid dienone is 2. The molecule has 0 spiro atoms. The van der Waals surface area contributed by atoms with Gasteiger partial charge in [0.15, 0.2) is 11.5 Å². The van der Waals surface area contributed by atoms with Gasteiger partial charge in [-0.05, 0) is 114 Å². The summed E-state index contributed by atoms with van der Waals surface area (Å²) in [7, 11) is 0. The topological polar surface area (TPSA) is 57.3 Å². The van der Waals surface area contributed by atoms with Crippen LogP contribution in [0.25, 0.3) is 0 Å². The average molecular weight is 455 g/mol. The van der Waals surface area contributed by atoms with Gasteiger partial charge in [0.1, 0.15) is 5.57 Å². The molecule has 2 aliphatic carbocycles. The van der Waals surface area contributed by atoms with Crippen LogP contribution in [0.3, 0.4) is 0 Å². The molecule has 1 aliphatic heterocycles. The van der Waals surface area contributed by atoms with Crippen molar-refractivity contribution in [2.75, 3.05) is 0 Å². The van der Waals surface area contributed by atoms with Crippen LogP contribution in [-0.4, -0.2) is 23.4 Å². The van der Waals surface area contributed by atoms with Crippen LogP contribution in [0, 0.1) is 55.4 Å². The first-order valence-electron chi connectivity index (χ1n) is 11.9. The van der Waals surface area contributed by atoms with Crippen LogP contribution in [0.2, 0.25) is 0 Å². The van der Waals surface area contributed by atoms with Crippen LogP contribution >= 0.6 is 0 Å². The van der Waals surface area contributed by atoms with Crippen molar-refractivity contribution in [1.82, 2.24) is 0 Å². The second kappa shape index (κ2) is 7.11. The maximum atomic E-state index is 14.2. The minimum atomic E-state index is -0.419. The summed E-state index contributed by atoms with van der Waals surface area (Å²) in [5.74, 6) is 0.689. The molecule has 0 saturated heterocycles. The molecular weight excluding hydrogens is 422 g/mol. The number of carbonyl (C=O) groups is 2. The summed E-state index contributed by atoms with van der Waals surface area (Å²) >= 11 is 0. The minimum absolute atomic E-state index is 0.0586. The highest BCUT2D eigenvalue weighted by Crippen LogP contribution is 2.44. The van der Waals surface area contributed by atoms with Gasteiger partial charge < -0.3 is 4.74 Å². The summed E-state index contributed by atoms with van der Waals surface area (Å²) in [6.45, 7) is 20.3. The highest BCUT2D eigenvalue weighted by Gasteiger charge is 2.49. The molecular formula is C30H32NO3+. The Kier molecular flexibility index (Phi) is 4.71. The molecule has 1 unspecified atom stereocenters. The molecule has 0 radical (unpaired) electrons. The SMILES string of the molecule is CC1=C(C)C2Oc3c(C)c(C)c(C)c(C)c3[NH+]=C2C2=C1C(=O)c1c(C)c(C)c(C)c(C)c1C2=O. The molecule has 0 aromatic heterocycles. The molecule has 1 heterocycles. The van der Waals surface area contributed by atoms with Crippen LogP contribution in [0.15, 0.2) is 22.3 Å². The Hall–Kier alpha value is -3.27. The van der Waals surface area contributed by atoms with E-state index in [9.17, 15) is 9.59 Å². The van der Waals surface area contributed by atoms with Crippen LogP contribution < -0.4 is 9.73 Å². The number of rotatable bonds is 0. The lowest BCUT2D eigenvalue weighted by Gasteiger charge is -2.34. The number of Topliss-reactive ketones (excluding diaryl/α,β-unsaturated/α-hetero) is 2. The third-order valence-electron chi connectivity index (χ3n) is 8.86. The summed E-state index contributed by atoms with van der Waals surface area (Å²) in [5.41, 5.74) is 14.0. The van der Waals surface area contributed by atoms with E-state index in [2.05, 4.69) is 32.7 Å². The van der Waals surface area contributed by atoms with Crippen LogP contribution in [0.5, 0.6) is 5.75 Å². The van der Waals surface area contributed by atoms with Crippen LogP contribution in [0.4, 0.5) is 5.69 Å². The van der Waals surface area contributed by atoms with Crippen LogP contribution in [0.1, 0.15) is 79.1 Å². The van der Waals surface area contributed by atoms with Gasteiger partial charge in [0.2, 0.25) is 23.3 Å². The van der Waals surface area contributed by atoms with E-state index >= 15 is 0 Å². The van der Waals surface area contributed by atoms with Crippen molar-refractivity contribution < 1.29 is 19.3 Å². The van der Waals surface area contributed by atoms with E-state index in [-0.39, 0.29) is 11.6 Å². The molecule has 4 nitrogen and oxygen atoms in total. The molecule has 0 bridgehead atoms. The first-order valence-corrected chi connectivity index (χ1v) is 11.9. The summed E-state index contributed by atoms with van der Waals surface area (Å²) in [6.07, 6.45) is -0.419. The Bertz CT molecular complexity index is 1490. The molecule has 34 heavy (non-hydrogen) atoms. The minimum Gasteiger partial charge on any atom is -0.468 e. The Morgan fingerprint density at radius 2 is 1.06 bits per heavy atom. The van der Waals surface area contributed by atoms with E-state index in [1.807, 2.05) is 41.5 Å². The van der Waals surface area contributed by atoms with Gasteiger partial charge in [0.05, 0.1) is 0 Å². The predicted octanol–water partition coefficient (Wildman–Crippen LogP) is 4.79. The number of benzene rings is 2. The van der Waals surface area contributed by atoms with Crippen molar-refractivity contribution in [3.63, 3.8) is 0 Å². The van der Waals surface area contributed by atoms with Gasteiger partial charge in [-0.15, -0.1) is 0 Å². The number of hydrogen-bond donors (Lipinski definition) is 1. The predicted molar refractivity (Wildman–Crippen MR) is 135 cm³/mol. The summed E-state index contributed by atoms with van der Waals surface area (Å²) in [5, 5.41) is 0. The molecule has 5 rings (SSSR count). The maximum absolute atomic E-state index is 14.2. The molecule has 1 N–H and O–H groups in total. The molecule has 0 saturated carbocycles. The van der Waals surface area contributed by atoms with Crippen molar-refractivity contribution in [1.29, 1.82) is 0 Å². The lowest BCUT2D eigenvalue weighted by Crippen LogP contribution is -2.74. The standard InChI is InChI=1S/C30H31NO3/c1-11-12(2)16(6)22-21(15(11)5)27(32)23-17(7)20(10)30-26(24(23)28(22)33)31-25-18(8)13(3)14(4)19(9)29(25)34-30/h30H,1-10H3/p+1. The molecule has 1 atom stereocenters. The number of carbonyl (C=O) groups excluding carboxylic acids is 2. The maximum Gasteiger partial charge on any atom is 0.249 e. The number of hydrogen-bond acceptors (Lipinski definition) is 3. The molecule has 2 aromatic rings. The van der Waals surface area contributed by atoms with Crippen molar-refractivity contribution in [3.05, 3.63) is 77.9 Å². The van der Waals surface area contributed by atoms with Crippen molar-refractivity contribution in [2.45, 2.75) is 75.3 Å². The second-order valence-corrected chi connectivity index (χ2v) is 10.2. The fourth-order valence-electron chi connectivity index (χ4n) is 5.82. The number of ether oxygens (including phenoxy) is 1. The quantitative estimate of drug-likeness (QED) is 0.623. The Labute approximate surface area is 201 Å². The molecule has 2 aromatic carbocycles. The molecule has 3 aliphatic rings. The lowest BCUT2D eigenvalue weighted by atomic mass is 9.70. The number of ketones is 2. The van der Waals surface area contributed by atoms with E-state index in [1.165, 1.54) is 11.1 Å². The van der Waals surface area contributed by atoms with E-state index in [0.29, 0.717) is 28.0 Å². The van der Waals surface area contributed by atoms with Gasteiger partial charge in [-0.1, -0.05) is 0 Å². The third kappa shape index (κ3) is 2.57. The second-order valence-electron chi connectivity index (χ2n) is 10.2. The third-order valence-corrected chi connectivity index (χ3v) is 8.86. The zero-order valence-electron chi connectivity index (χ0n) is 21.8. The first-order chi connectivity index (χ1) is 15.9. The summed E-state index contributed by atoms with van der Waals surface area (Å²) in [4.78, 5) is 31.8. The van der Waals surface area contributed by atoms with Crippen molar-refractivity contribution in [2.24, 2.45) is 0 Å². The normalized spacial score (nSPS) is 18.9. The zero-order valence-corrected chi connectivity index (χ0v) is 21.8. The molecule has 0 amide bonds. The van der Waals surface area contributed by atoms with Crippen molar-refractivity contribution in [3.8, 4) is 5.75 Å². The largest absolute Gasteiger partial charge is 0.468 e. The smallest absolute Gasteiger partial charge is 0.249 e. The van der Waals surface area contributed by atoms with Crippen molar-refractivity contribution >= 4 is 23.0 Å². The first kappa shape index (κ1) is 22.5. The van der Waals surface area contributed by atoms with Gasteiger partial charge in [-0.2, -0.15) is 0 Å². The van der Waals surface area contributed by atoms with Crippen LogP contribution in [-0.2, 0) is 0 Å². The Morgan fingerprint density at radius 1 is 0.588 bits per heavy atom. The van der Waals surface area contributed by atoms with Gasteiger partial charge in [0.25, 0.3) is 0 Å². The fraction of sp³-hybridized carbons (Fsp3) is 0.367. The van der Waals surface area contributed by atoms with E-state index < -0.39 is 6.10 Å². The van der Waals surface area contributed by atoms with Gasteiger partial charge in [-0.25, -0.2) is 4.99 Å². The Balaban J connectivity index is 1.87. The summed E-state index contributed by atoms with van der Waals surface area (Å²) < 4.78 is 6.63. The number of fused-ring (bicyclic) bond motifs is 4. The van der Waals surface area contributed by atoms with Gasteiger partial charge in [0, 0.05) is 27.8 Å². The fourth-order valence-corrected chi connectivity index (χ4v) is 5.82.